The number of hydrogen-bond donors (Lipinski definition) is 0. The summed E-state index contributed by atoms with van der Waals surface area (Å²) in [5, 5.41) is 0. The van der Waals surface area contributed by atoms with Gasteiger partial charge < -0.3 is 5.48 Å². The van der Waals surface area contributed by atoms with Crippen molar-refractivity contribution < 1.29 is 75.5 Å². The van der Waals surface area contributed by atoms with Crippen LogP contribution in [0.5, 0.6) is 0 Å². The average Bonchev–Trinajstić information content (AvgIpc) is 0.722. The molecular weight excluding hydrogens is 395 g/mol. The zero-order valence-electron chi connectivity index (χ0n) is 3.86. The van der Waals surface area contributed by atoms with Crippen LogP contribution < -0.4 is 7.52 Å². The van der Waals surface area contributed by atoms with E-state index in [-0.39, 0.29) is 44.4 Å². The molecule has 0 N–H and O–H groups in total. The van der Waals surface area contributed by atoms with Crippen LogP contribution in [0.15, 0.2) is 0 Å². The van der Waals surface area contributed by atoms with Crippen LogP contribution in [0.3, 0.4) is 0 Å². The molecule has 0 aliphatic heterocycles. The normalized spacial score (nSPS) is 7.25. The second-order valence-corrected chi connectivity index (χ2v) is 3.34. The Bertz CT molecular complexity index is 93.6. The monoisotopic (exact) mass is 392 g/mol. The molecule has 0 bridgehead atoms. The van der Waals surface area contributed by atoms with Crippen molar-refractivity contribution in [3.8, 4) is 0 Å². The standard InChI is InChI=1S/5O.W.2Zn/q;;-2;2*-1;;2*+2. The minimum absolute atomic E-state index is 0. The molecule has 8 heavy (non-hydrogen) atoms. The van der Waals surface area contributed by atoms with E-state index >= 15 is 0 Å². The molecule has 0 atom stereocenters. The van der Waals surface area contributed by atoms with Gasteiger partial charge in [-0.2, -0.15) is 0 Å². The van der Waals surface area contributed by atoms with Crippen LogP contribution in [0.2, 0.25) is 0 Å². The summed E-state index contributed by atoms with van der Waals surface area (Å²) in [6.07, 6.45) is 0. The van der Waals surface area contributed by atoms with Gasteiger partial charge in [-0.15, -0.1) is 0 Å². The Morgan fingerprint density at radius 2 is 1.00 bits per heavy atom. The van der Waals surface area contributed by atoms with Crippen LogP contribution in [0, 0.1) is 0 Å². The molecule has 0 spiro atoms. The predicted molar refractivity (Wildman–Crippen MR) is 2.06 cm³/mol. The summed E-state index contributed by atoms with van der Waals surface area (Å²) >= 11 is -6.17. The van der Waals surface area contributed by atoms with Gasteiger partial charge in [0.1, 0.15) is 0 Å². The van der Waals surface area contributed by atoms with Crippen LogP contribution in [0.4, 0.5) is 0 Å². The summed E-state index contributed by atoms with van der Waals surface area (Å²) in [6.45, 7) is 0. The summed E-state index contributed by atoms with van der Waals surface area (Å²) in [5.74, 6) is 0. The molecular formula is O5WZn2. The van der Waals surface area contributed by atoms with Crippen molar-refractivity contribution in [2.45, 2.75) is 0 Å². The molecule has 0 aromatic heterocycles. The first-order valence-corrected chi connectivity index (χ1v) is 5.46. The van der Waals surface area contributed by atoms with E-state index in [4.69, 9.17) is 14.3 Å². The van der Waals surface area contributed by atoms with Gasteiger partial charge in [0.25, 0.3) is 0 Å². The average molecular weight is 395 g/mol. The summed E-state index contributed by atoms with van der Waals surface area (Å²) < 4.78 is 34.6. The van der Waals surface area contributed by atoms with Crippen molar-refractivity contribution in [3.05, 3.63) is 0 Å². The Labute approximate surface area is 75.0 Å². The molecule has 0 unspecified atom stereocenters. The summed E-state index contributed by atoms with van der Waals surface area (Å²) in [6, 6.07) is 0. The fraction of sp³-hybridized carbons (Fsp3) is 0. The van der Waals surface area contributed by atoms with E-state index in [9.17, 15) is 0 Å². The molecule has 0 rings (SSSR count). The molecule has 0 aliphatic carbocycles. The maximum Gasteiger partial charge on any atom is 2.00 e. The van der Waals surface area contributed by atoms with Crippen molar-refractivity contribution in [1.29, 1.82) is 0 Å². The molecule has 8 heteroatoms. The molecule has 0 aromatic rings. The molecule has 0 aromatic carbocycles. The number of hydrogen-bond acceptors (Lipinski definition) is 4. The van der Waals surface area contributed by atoms with E-state index < -0.39 is 16.7 Å². The predicted octanol–water partition coefficient (Wildman–Crippen LogP) is -2.74. The Morgan fingerprint density at radius 3 is 1.00 bits per heavy atom. The van der Waals surface area contributed by atoms with Gasteiger partial charge in [-0.05, 0) is 0 Å². The Hall–Kier alpha value is 1.42. The Morgan fingerprint density at radius 1 is 1.00 bits per heavy atom. The van der Waals surface area contributed by atoms with Crippen molar-refractivity contribution in [2.24, 2.45) is 0 Å². The molecule has 0 saturated carbocycles. The van der Waals surface area contributed by atoms with Crippen LogP contribution in [0.25, 0.3) is 0 Å². The van der Waals surface area contributed by atoms with Crippen molar-refractivity contribution in [1.82, 2.24) is 0 Å². The van der Waals surface area contributed by atoms with Crippen molar-refractivity contribution in [2.75, 3.05) is 0 Å². The van der Waals surface area contributed by atoms with Gasteiger partial charge in [-0.25, -0.2) is 0 Å². The maximum atomic E-state index is 8.65. The minimum Gasteiger partial charge on any atom is 2.00 e. The van der Waals surface area contributed by atoms with Gasteiger partial charge in [0.2, 0.25) is 0 Å². The van der Waals surface area contributed by atoms with Gasteiger partial charge in [0, 0.05) is 0 Å². The van der Waals surface area contributed by atoms with Gasteiger partial charge in [0.15, 0.2) is 0 Å². The summed E-state index contributed by atoms with van der Waals surface area (Å²) in [5.41, 5.74) is 0. The van der Waals surface area contributed by atoms with Crippen molar-refractivity contribution in [3.63, 3.8) is 0 Å². The van der Waals surface area contributed by atoms with Crippen LogP contribution in [-0.4, -0.2) is 0 Å². The fourth-order valence-electron chi connectivity index (χ4n) is 0. The van der Waals surface area contributed by atoms with E-state index in [1.165, 1.54) is 0 Å². The van der Waals surface area contributed by atoms with Gasteiger partial charge in [0.05, 0.1) is 0 Å². The third-order valence-corrected chi connectivity index (χ3v) is 0. The molecule has 0 saturated heterocycles. The van der Waals surface area contributed by atoms with Crippen LogP contribution >= 0.6 is 0 Å². The molecule has 0 amide bonds. The van der Waals surface area contributed by atoms with Gasteiger partial charge in [-0.3, -0.25) is 0 Å². The molecule has 40 valence electrons. The fourth-order valence-corrected chi connectivity index (χ4v) is 0. The van der Waals surface area contributed by atoms with E-state index in [2.05, 4.69) is 0 Å². The number of rotatable bonds is 0. The van der Waals surface area contributed by atoms with E-state index in [0.717, 1.165) is 0 Å². The van der Waals surface area contributed by atoms with E-state index in [1.54, 1.807) is 0 Å². The smallest absolute Gasteiger partial charge is 2.00 e. The topological polar surface area (TPSA) is 109 Å². The largest absolute Gasteiger partial charge is 2.00 e. The Kier molecular flexibility index (Phi) is 23.9. The molecule has 0 radical (unpaired) electrons. The van der Waals surface area contributed by atoms with E-state index in [0.29, 0.717) is 0 Å². The van der Waals surface area contributed by atoms with Crippen LogP contribution in [-0.2, 0) is 68.0 Å². The SMILES string of the molecule is [O-2].[O]=[W](=[O])([O-])[O-].[Zn+2].[Zn+2]. The minimum atomic E-state index is -6.17. The third kappa shape index (κ3) is 152. The summed E-state index contributed by atoms with van der Waals surface area (Å²) in [4.78, 5) is 0. The summed E-state index contributed by atoms with van der Waals surface area (Å²) in [7, 11) is 0. The molecule has 0 heterocycles. The molecule has 5 nitrogen and oxygen atoms in total. The zero-order chi connectivity index (χ0) is 4.50. The quantitative estimate of drug-likeness (QED) is 0.415. The van der Waals surface area contributed by atoms with Gasteiger partial charge >= 0.3 is 70.0 Å². The van der Waals surface area contributed by atoms with Crippen LogP contribution in [0.1, 0.15) is 0 Å². The second kappa shape index (κ2) is 8.42. The van der Waals surface area contributed by atoms with Gasteiger partial charge in [-0.1, -0.05) is 0 Å². The second-order valence-electron chi connectivity index (χ2n) is 0.408. The van der Waals surface area contributed by atoms with Crippen molar-refractivity contribution >= 4 is 0 Å². The Balaban J connectivity index is -0.0000000267. The third-order valence-electron chi connectivity index (χ3n) is 0. The molecule has 0 fully saturated rings. The molecule has 0 aliphatic rings. The maximum absolute atomic E-state index is 8.65. The first-order chi connectivity index (χ1) is 2.00. The van der Waals surface area contributed by atoms with E-state index in [1.807, 2.05) is 0 Å². The first kappa shape index (κ1) is 22.7. The zero-order valence-corrected chi connectivity index (χ0v) is 12.7. The first-order valence-electron chi connectivity index (χ1n) is 0.667.